The van der Waals surface area contributed by atoms with Crippen LogP contribution < -0.4 is 5.73 Å². The molecule has 1 nitrogen and oxygen atoms in total. The van der Waals surface area contributed by atoms with Gasteiger partial charge in [0.05, 0.1) is 0 Å². The zero-order valence-corrected chi connectivity index (χ0v) is 9.52. The Balaban J connectivity index is 2.32. The first kappa shape index (κ1) is 10.9. The van der Waals surface area contributed by atoms with E-state index in [2.05, 4.69) is 0 Å². The molecule has 0 heterocycles. The minimum atomic E-state index is -1.03. The molecule has 1 aliphatic carbocycles. The predicted molar refractivity (Wildman–Crippen MR) is 60.8 cm³/mol. The number of nitrogens with two attached hydrogens (primary N) is 1. The number of halogens is 2. The molecular weight excluding hydrogens is 213 g/mol. The van der Waals surface area contributed by atoms with Crippen LogP contribution in [-0.4, -0.2) is 5.54 Å². The van der Waals surface area contributed by atoms with Gasteiger partial charge in [-0.2, -0.15) is 0 Å². The molecular formula is C12H15ClFN. The molecule has 0 saturated heterocycles. The Hall–Kier alpha value is -0.600. The molecule has 1 unspecified atom stereocenters. The maximum absolute atomic E-state index is 13.4. The summed E-state index contributed by atoms with van der Waals surface area (Å²) in [6.45, 7) is 1.51. The van der Waals surface area contributed by atoms with Crippen LogP contribution in [0.15, 0.2) is 18.2 Å². The highest BCUT2D eigenvalue weighted by atomic mass is 35.5. The van der Waals surface area contributed by atoms with Crippen LogP contribution in [0.2, 0.25) is 5.02 Å². The van der Waals surface area contributed by atoms with Crippen LogP contribution in [0.4, 0.5) is 4.39 Å². The number of hydrogen-bond acceptors (Lipinski definition) is 1. The monoisotopic (exact) mass is 227 g/mol. The Bertz CT molecular complexity index is 372. The van der Waals surface area contributed by atoms with Crippen LogP contribution in [0, 0.1) is 0 Å². The fourth-order valence-electron chi connectivity index (χ4n) is 1.90. The third-order valence-electron chi connectivity index (χ3n) is 2.98. The highest BCUT2D eigenvalue weighted by Crippen LogP contribution is 2.39. The van der Waals surface area contributed by atoms with Crippen molar-refractivity contribution >= 4 is 11.6 Å². The second-order valence-corrected chi connectivity index (χ2v) is 4.87. The molecule has 0 amide bonds. The van der Waals surface area contributed by atoms with Gasteiger partial charge in [0.25, 0.3) is 0 Å². The smallest absolute Gasteiger partial charge is 0.124 e. The average Bonchev–Trinajstić information content (AvgIpc) is 2.82. The lowest BCUT2D eigenvalue weighted by Crippen LogP contribution is -2.25. The van der Waals surface area contributed by atoms with Crippen molar-refractivity contribution in [2.75, 3.05) is 0 Å². The lowest BCUT2D eigenvalue weighted by atomic mass is 9.97. The van der Waals surface area contributed by atoms with E-state index in [4.69, 9.17) is 17.3 Å². The van der Waals surface area contributed by atoms with Crippen molar-refractivity contribution in [1.29, 1.82) is 0 Å². The zero-order chi connectivity index (χ0) is 11.1. The van der Waals surface area contributed by atoms with Gasteiger partial charge in [0.1, 0.15) is 6.17 Å². The van der Waals surface area contributed by atoms with Crippen molar-refractivity contribution in [3.8, 4) is 0 Å². The SMILES string of the molecule is CC(F)c1c(Cl)cccc1CC1(N)CC1. The highest BCUT2D eigenvalue weighted by Gasteiger charge is 2.38. The first-order chi connectivity index (χ1) is 7.02. The minimum absolute atomic E-state index is 0.103. The molecule has 1 saturated carbocycles. The van der Waals surface area contributed by atoms with Gasteiger partial charge in [-0.15, -0.1) is 0 Å². The quantitative estimate of drug-likeness (QED) is 0.842. The van der Waals surface area contributed by atoms with E-state index in [-0.39, 0.29) is 5.54 Å². The predicted octanol–water partition coefficient (Wildman–Crippen LogP) is 3.40. The number of hydrogen-bond donors (Lipinski definition) is 1. The normalized spacial score (nSPS) is 20.0. The van der Waals surface area contributed by atoms with Gasteiger partial charge in [-0.25, -0.2) is 4.39 Å². The van der Waals surface area contributed by atoms with Crippen molar-refractivity contribution in [3.05, 3.63) is 34.3 Å². The Morgan fingerprint density at radius 3 is 2.73 bits per heavy atom. The summed E-state index contributed by atoms with van der Waals surface area (Å²) < 4.78 is 13.4. The van der Waals surface area contributed by atoms with Crippen molar-refractivity contribution in [2.45, 2.75) is 37.9 Å². The van der Waals surface area contributed by atoms with Crippen molar-refractivity contribution in [2.24, 2.45) is 5.73 Å². The lowest BCUT2D eigenvalue weighted by molar-refractivity contribution is 0.371. The molecule has 1 aliphatic rings. The second kappa shape index (κ2) is 3.76. The van der Waals surface area contributed by atoms with Gasteiger partial charge in [0.2, 0.25) is 0 Å². The lowest BCUT2D eigenvalue weighted by Gasteiger charge is -2.15. The molecule has 1 aromatic carbocycles. The molecule has 3 heteroatoms. The summed E-state index contributed by atoms with van der Waals surface area (Å²) in [5.74, 6) is 0. The number of alkyl halides is 1. The molecule has 15 heavy (non-hydrogen) atoms. The standard InChI is InChI=1S/C12H15ClFN/c1-8(14)11-9(3-2-4-10(11)13)7-12(15)5-6-12/h2-4,8H,5-7,15H2,1H3. The largest absolute Gasteiger partial charge is 0.325 e. The number of benzene rings is 1. The molecule has 0 bridgehead atoms. The summed E-state index contributed by atoms with van der Waals surface area (Å²) in [4.78, 5) is 0. The van der Waals surface area contributed by atoms with E-state index < -0.39 is 6.17 Å². The van der Waals surface area contributed by atoms with E-state index in [1.807, 2.05) is 12.1 Å². The summed E-state index contributed by atoms with van der Waals surface area (Å²) >= 11 is 5.99. The van der Waals surface area contributed by atoms with Crippen LogP contribution in [0.5, 0.6) is 0 Å². The third-order valence-corrected chi connectivity index (χ3v) is 3.31. The topological polar surface area (TPSA) is 26.0 Å². The molecule has 0 aliphatic heterocycles. The van der Waals surface area contributed by atoms with Crippen LogP contribution in [0.1, 0.15) is 37.1 Å². The third kappa shape index (κ3) is 2.32. The summed E-state index contributed by atoms with van der Waals surface area (Å²) in [6, 6.07) is 5.51. The van der Waals surface area contributed by atoms with E-state index in [0.29, 0.717) is 10.6 Å². The molecule has 82 valence electrons. The fraction of sp³-hybridized carbons (Fsp3) is 0.500. The van der Waals surface area contributed by atoms with Gasteiger partial charge in [0, 0.05) is 16.1 Å². The number of rotatable bonds is 3. The van der Waals surface area contributed by atoms with E-state index in [0.717, 1.165) is 24.8 Å². The first-order valence-corrected chi connectivity index (χ1v) is 5.60. The van der Waals surface area contributed by atoms with Crippen molar-refractivity contribution < 1.29 is 4.39 Å². The van der Waals surface area contributed by atoms with E-state index >= 15 is 0 Å². The zero-order valence-electron chi connectivity index (χ0n) is 8.76. The summed E-state index contributed by atoms with van der Waals surface area (Å²) in [7, 11) is 0. The van der Waals surface area contributed by atoms with Crippen molar-refractivity contribution in [1.82, 2.24) is 0 Å². The molecule has 0 aromatic heterocycles. The van der Waals surface area contributed by atoms with Gasteiger partial charge < -0.3 is 5.73 Å². The van der Waals surface area contributed by atoms with E-state index in [9.17, 15) is 4.39 Å². The van der Waals surface area contributed by atoms with Gasteiger partial charge in [-0.3, -0.25) is 0 Å². The van der Waals surface area contributed by atoms with Crippen molar-refractivity contribution in [3.63, 3.8) is 0 Å². The highest BCUT2D eigenvalue weighted by molar-refractivity contribution is 6.31. The van der Waals surface area contributed by atoms with Crippen LogP contribution in [0.3, 0.4) is 0 Å². The van der Waals surface area contributed by atoms with Gasteiger partial charge in [0.15, 0.2) is 0 Å². The van der Waals surface area contributed by atoms with Gasteiger partial charge in [-0.05, 0) is 37.8 Å². The molecule has 2 N–H and O–H groups in total. The average molecular weight is 228 g/mol. The van der Waals surface area contributed by atoms with Gasteiger partial charge in [-0.1, -0.05) is 23.7 Å². The van der Waals surface area contributed by atoms with E-state index in [1.165, 1.54) is 6.92 Å². The molecule has 0 radical (unpaired) electrons. The van der Waals surface area contributed by atoms with Gasteiger partial charge >= 0.3 is 0 Å². The summed E-state index contributed by atoms with van der Waals surface area (Å²) in [6.07, 6.45) is 1.76. The molecule has 0 spiro atoms. The molecule has 2 rings (SSSR count). The molecule has 1 aromatic rings. The Morgan fingerprint density at radius 1 is 1.53 bits per heavy atom. The Labute approximate surface area is 94.4 Å². The second-order valence-electron chi connectivity index (χ2n) is 4.47. The summed E-state index contributed by atoms with van der Waals surface area (Å²) in [5, 5.41) is 0.506. The summed E-state index contributed by atoms with van der Waals surface area (Å²) in [5.41, 5.74) is 7.49. The van der Waals surface area contributed by atoms with Crippen LogP contribution >= 0.6 is 11.6 Å². The van der Waals surface area contributed by atoms with Crippen LogP contribution in [-0.2, 0) is 6.42 Å². The molecule has 1 atom stereocenters. The molecule has 1 fully saturated rings. The fourth-order valence-corrected chi connectivity index (χ4v) is 2.24. The maximum atomic E-state index is 13.4. The minimum Gasteiger partial charge on any atom is -0.325 e. The Kier molecular flexibility index (Phi) is 2.73. The maximum Gasteiger partial charge on any atom is 0.124 e. The van der Waals surface area contributed by atoms with E-state index in [1.54, 1.807) is 6.07 Å². The Morgan fingerprint density at radius 2 is 2.20 bits per heavy atom. The van der Waals surface area contributed by atoms with Crippen LogP contribution in [0.25, 0.3) is 0 Å². The first-order valence-electron chi connectivity index (χ1n) is 5.22.